The molecule has 1 aromatic carbocycles. The van der Waals surface area contributed by atoms with Crippen LogP contribution in [0.25, 0.3) is 16.6 Å². The Hall–Kier alpha value is -2.25. The maximum absolute atomic E-state index is 13.7. The zero-order valence-corrected chi connectivity index (χ0v) is 25.1. The van der Waals surface area contributed by atoms with E-state index in [-0.39, 0.29) is 5.91 Å². The van der Waals surface area contributed by atoms with Gasteiger partial charge in [-0.05, 0) is 49.1 Å². The second-order valence-electron chi connectivity index (χ2n) is 10.8. The van der Waals surface area contributed by atoms with Gasteiger partial charge in [0.15, 0.2) is 5.15 Å². The Kier molecular flexibility index (Phi) is 8.56. The van der Waals surface area contributed by atoms with Gasteiger partial charge in [-0.15, -0.1) is 0 Å². The maximum Gasteiger partial charge on any atom is 0.282 e. The average Bonchev–Trinajstić information content (AvgIpc) is 3.39. The number of carbonyl (C=O) groups is 1. The highest BCUT2D eigenvalue weighted by Crippen LogP contribution is 2.31. The van der Waals surface area contributed by atoms with E-state index in [4.69, 9.17) is 27.9 Å². The molecule has 0 N–H and O–H groups in total. The summed E-state index contributed by atoms with van der Waals surface area (Å²) >= 11 is 12.6. The molecule has 13 heteroatoms. The molecule has 0 aliphatic carbocycles. The van der Waals surface area contributed by atoms with Gasteiger partial charge in [-0.3, -0.25) is 9.69 Å². The van der Waals surface area contributed by atoms with Crippen LogP contribution in [0.1, 0.15) is 23.2 Å². The number of rotatable bonds is 6. The topological polar surface area (TPSA) is 91.2 Å². The van der Waals surface area contributed by atoms with Crippen LogP contribution in [0.15, 0.2) is 42.7 Å². The number of piperazine rings is 1. The number of pyridine rings is 1. The number of halogens is 2. The number of fused-ring (bicyclic) bond motifs is 1. The van der Waals surface area contributed by atoms with Crippen molar-refractivity contribution >= 4 is 50.2 Å². The van der Waals surface area contributed by atoms with E-state index in [0.717, 1.165) is 43.5 Å². The molecule has 0 atom stereocenters. The average molecular weight is 622 g/mol. The molecule has 6 rings (SSSR count). The second-order valence-corrected chi connectivity index (χ2v) is 13.6. The van der Waals surface area contributed by atoms with Crippen molar-refractivity contribution in [3.8, 4) is 5.69 Å². The molecule has 3 aliphatic heterocycles. The van der Waals surface area contributed by atoms with E-state index < -0.39 is 10.2 Å². The molecule has 220 valence electrons. The van der Waals surface area contributed by atoms with E-state index in [1.807, 2.05) is 33.9 Å². The van der Waals surface area contributed by atoms with E-state index in [1.165, 1.54) is 0 Å². The van der Waals surface area contributed by atoms with Crippen molar-refractivity contribution < 1.29 is 17.9 Å². The SMILES string of the molecule is O=C(c1cn(-c2ccc(Cl)cc2)c2c(Cl)nccc12)N1CCN(CC2CCN(S(=O)(=O)N3CCOCC3)CC2)CC1. The molecule has 0 radical (unpaired) electrons. The predicted molar refractivity (Wildman–Crippen MR) is 159 cm³/mol. The molecule has 0 spiro atoms. The van der Waals surface area contributed by atoms with Gasteiger partial charge in [0.2, 0.25) is 0 Å². The summed E-state index contributed by atoms with van der Waals surface area (Å²) in [4.78, 5) is 22.3. The number of ether oxygens (including phenoxy) is 1. The number of morpholine rings is 1. The monoisotopic (exact) mass is 620 g/mol. The fraction of sp³-hybridized carbons (Fsp3) is 0.500. The number of nitrogens with zero attached hydrogens (tertiary/aromatic N) is 6. The van der Waals surface area contributed by atoms with Crippen LogP contribution in [0.2, 0.25) is 10.2 Å². The summed E-state index contributed by atoms with van der Waals surface area (Å²) in [6, 6.07) is 9.23. The minimum absolute atomic E-state index is 0.0220. The molecular formula is C28H34Cl2N6O4S. The molecule has 41 heavy (non-hydrogen) atoms. The number of amides is 1. The normalized spacial score (nSPS) is 20.6. The number of hydrogen-bond acceptors (Lipinski definition) is 6. The lowest BCUT2D eigenvalue weighted by atomic mass is 9.97. The number of aromatic nitrogens is 2. The Morgan fingerprint density at radius 1 is 0.902 bits per heavy atom. The molecule has 1 amide bonds. The van der Waals surface area contributed by atoms with Crippen LogP contribution in [0.5, 0.6) is 0 Å². The van der Waals surface area contributed by atoms with E-state index in [9.17, 15) is 13.2 Å². The summed E-state index contributed by atoms with van der Waals surface area (Å²) in [5, 5.41) is 1.74. The number of hydrogen-bond donors (Lipinski definition) is 0. The molecular weight excluding hydrogens is 587 g/mol. The van der Waals surface area contributed by atoms with Crippen LogP contribution in [-0.4, -0.2) is 114 Å². The summed E-state index contributed by atoms with van der Waals surface area (Å²) in [6.07, 6.45) is 5.17. The first-order valence-electron chi connectivity index (χ1n) is 14.1. The lowest BCUT2D eigenvalue weighted by Crippen LogP contribution is -2.52. The highest BCUT2D eigenvalue weighted by atomic mass is 35.5. The van der Waals surface area contributed by atoms with Gasteiger partial charge >= 0.3 is 0 Å². The van der Waals surface area contributed by atoms with E-state index >= 15 is 0 Å². The molecule has 0 bridgehead atoms. The molecule has 3 aliphatic rings. The first-order chi connectivity index (χ1) is 19.8. The lowest BCUT2D eigenvalue weighted by molar-refractivity contribution is 0.0595. The fourth-order valence-corrected chi connectivity index (χ4v) is 8.03. The molecule has 5 heterocycles. The van der Waals surface area contributed by atoms with Gasteiger partial charge in [-0.1, -0.05) is 23.2 Å². The molecule has 3 aromatic rings. The summed E-state index contributed by atoms with van der Waals surface area (Å²) in [6.45, 7) is 6.64. The largest absolute Gasteiger partial charge is 0.379 e. The Morgan fingerprint density at radius 3 is 2.24 bits per heavy atom. The van der Waals surface area contributed by atoms with Gasteiger partial charge in [-0.2, -0.15) is 17.0 Å². The number of carbonyl (C=O) groups excluding carboxylic acids is 1. The van der Waals surface area contributed by atoms with Crippen molar-refractivity contribution in [3.63, 3.8) is 0 Å². The summed E-state index contributed by atoms with van der Waals surface area (Å²) < 4.78 is 36.3. The minimum Gasteiger partial charge on any atom is -0.379 e. The van der Waals surface area contributed by atoms with Crippen molar-refractivity contribution in [2.24, 2.45) is 5.92 Å². The van der Waals surface area contributed by atoms with Crippen molar-refractivity contribution in [2.75, 3.05) is 72.1 Å². The van der Waals surface area contributed by atoms with Gasteiger partial charge in [0, 0.05) is 87.4 Å². The molecule has 3 saturated heterocycles. The molecule has 0 saturated carbocycles. The van der Waals surface area contributed by atoms with E-state index in [2.05, 4.69) is 9.88 Å². The summed E-state index contributed by atoms with van der Waals surface area (Å²) in [5.41, 5.74) is 2.14. The Bertz CT molecular complexity index is 1490. The Morgan fingerprint density at radius 2 is 1.56 bits per heavy atom. The van der Waals surface area contributed by atoms with Crippen LogP contribution in [0.4, 0.5) is 0 Å². The van der Waals surface area contributed by atoms with Crippen LogP contribution in [-0.2, 0) is 14.9 Å². The van der Waals surface area contributed by atoms with Crippen molar-refractivity contribution in [1.29, 1.82) is 0 Å². The van der Waals surface area contributed by atoms with E-state index in [1.54, 1.807) is 26.9 Å². The van der Waals surface area contributed by atoms with Crippen LogP contribution < -0.4 is 0 Å². The van der Waals surface area contributed by atoms with Crippen molar-refractivity contribution in [3.05, 3.63) is 58.5 Å². The van der Waals surface area contributed by atoms with Gasteiger partial charge in [0.05, 0.1) is 24.3 Å². The third-order valence-electron chi connectivity index (χ3n) is 8.38. The molecule has 3 fully saturated rings. The predicted octanol–water partition coefficient (Wildman–Crippen LogP) is 3.38. The first kappa shape index (κ1) is 28.9. The van der Waals surface area contributed by atoms with Crippen LogP contribution in [0.3, 0.4) is 0 Å². The van der Waals surface area contributed by atoms with E-state index in [0.29, 0.717) is 79.7 Å². The minimum atomic E-state index is -3.41. The van der Waals surface area contributed by atoms with Gasteiger partial charge < -0.3 is 14.2 Å². The quantitative estimate of drug-likeness (QED) is 0.392. The van der Waals surface area contributed by atoms with Gasteiger partial charge in [0.25, 0.3) is 16.1 Å². The summed E-state index contributed by atoms with van der Waals surface area (Å²) in [5.74, 6) is 0.423. The first-order valence-corrected chi connectivity index (χ1v) is 16.2. The standard InChI is InChI=1S/C28H34Cl2N6O4S/c29-22-1-3-23(4-2-22)36-20-25(24-5-8-31-27(30)26(24)36)28(37)33-13-11-32(12-14-33)19-21-6-9-34(10-7-21)41(38,39)35-15-17-40-18-16-35/h1-5,8,20-21H,6-7,9-19H2. The number of piperidine rings is 1. The third-order valence-corrected chi connectivity index (χ3v) is 10.9. The highest BCUT2D eigenvalue weighted by molar-refractivity contribution is 7.86. The maximum atomic E-state index is 13.7. The van der Waals surface area contributed by atoms with Crippen LogP contribution in [0, 0.1) is 5.92 Å². The molecule has 2 aromatic heterocycles. The molecule has 10 nitrogen and oxygen atoms in total. The zero-order valence-electron chi connectivity index (χ0n) is 22.8. The second kappa shape index (κ2) is 12.2. The van der Waals surface area contributed by atoms with Gasteiger partial charge in [0.1, 0.15) is 0 Å². The van der Waals surface area contributed by atoms with Gasteiger partial charge in [-0.25, -0.2) is 4.98 Å². The van der Waals surface area contributed by atoms with Crippen molar-refractivity contribution in [2.45, 2.75) is 12.8 Å². The summed E-state index contributed by atoms with van der Waals surface area (Å²) in [7, 11) is -3.41. The Labute approximate surface area is 250 Å². The van der Waals surface area contributed by atoms with Crippen LogP contribution >= 0.6 is 23.2 Å². The van der Waals surface area contributed by atoms with Crippen molar-refractivity contribution in [1.82, 2.24) is 28.0 Å². The molecule has 0 unspecified atom stereocenters. The Balaban J connectivity index is 1.06. The lowest BCUT2D eigenvalue weighted by Gasteiger charge is -2.39. The number of benzene rings is 1. The third kappa shape index (κ3) is 5.99. The smallest absolute Gasteiger partial charge is 0.282 e. The fourth-order valence-electron chi connectivity index (χ4n) is 6.05. The zero-order chi connectivity index (χ0) is 28.6. The highest BCUT2D eigenvalue weighted by Gasteiger charge is 2.35.